The van der Waals surface area contributed by atoms with E-state index in [2.05, 4.69) is 15.3 Å². The molecule has 1 N–H and O–H groups in total. The number of Topliss-reactive ketones (excluding diaryl/α,β-unsaturated/α-hetero) is 1. The van der Waals surface area contributed by atoms with Crippen LogP contribution in [0, 0.1) is 0 Å². The fourth-order valence-electron chi connectivity index (χ4n) is 1.92. The molecule has 0 fully saturated rings. The smallest absolute Gasteiger partial charge is 0.232 e. The minimum atomic E-state index is -0.262. The van der Waals surface area contributed by atoms with Gasteiger partial charge in [-0.05, 0) is 12.1 Å². The second kappa shape index (κ2) is 6.53. The zero-order valence-electron chi connectivity index (χ0n) is 12.3. The van der Waals surface area contributed by atoms with Crippen molar-refractivity contribution in [3.05, 3.63) is 53.4 Å². The summed E-state index contributed by atoms with van der Waals surface area (Å²) in [4.78, 5) is 31.5. The van der Waals surface area contributed by atoms with E-state index in [-0.39, 0.29) is 18.1 Å². The number of rotatable bonds is 5. The molecule has 0 aliphatic rings. The molecule has 0 saturated heterocycles. The molecular weight excluding hydrogens is 314 g/mol. The van der Waals surface area contributed by atoms with Gasteiger partial charge >= 0.3 is 0 Å². The monoisotopic (exact) mass is 327 g/mol. The number of amides is 1. The Hall–Kier alpha value is -2.80. The normalized spacial score (nSPS) is 10.5. The van der Waals surface area contributed by atoms with Gasteiger partial charge in [0.1, 0.15) is 12.0 Å². The fourth-order valence-corrected chi connectivity index (χ4v) is 2.69. The van der Waals surface area contributed by atoms with Gasteiger partial charge in [0.2, 0.25) is 11.8 Å². The summed E-state index contributed by atoms with van der Waals surface area (Å²) in [5.41, 5.74) is 1.73. The molecule has 0 bridgehead atoms. The number of carbonyl (C=O) groups is 2. The largest absolute Gasteiger partial charge is 0.444 e. The molecule has 0 atom stereocenters. The molecule has 3 rings (SSSR count). The lowest BCUT2D eigenvalue weighted by atomic mass is 10.2. The number of anilines is 1. The van der Waals surface area contributed by atoms with Crippen molar-refractivity contribution >= 4 is 28.2 Å². The Morgan fingerprint density at radius 1 is 1.22 bits per heavy atom. The second-order valence-corrected chi connectivity index (χ2v) is 5.69. The third-order valence-corrected chi connectivity index (χ3v) is 3.78. The highest BCUT2D eigenvalue weighted by Crippen LogP contribution is 2.19. The zero-order chi connectivity index (χ0) is 16.2. The van der Waals surface area contributed by atoms with Gasteiger partial charge in [0, 0.05) is 17.9 Å². The third-order valence-electron chi connectivity index (χ3n) is 3.03. The molecule has 0 spiro atoms. The van der Waals surface area contributed by atoms with Crippen LogP contribution in [0.3, 0.4) is 0 Å². The number of hydrogen-bond donors (Lipinski definition) is 1. The minimum Gasteiger partial charge on any atom is -0.444 e. The van der Waals surface area contributed by atoms with Crippen molar-refractivity contribution in [3.8, 4) is 11.5 Å². The van der Waals surface area contributed by atoms with E-state index in [0.29, 0.717) is 22.4 Å². The van der Waals surface area contributed by atoms with Crippen LogP contribution in [0.25, 0.3) is 11.5 Å². The van der Waals surface area contributed by atoms with Gasteiger partial charge < -0.3 is 9.73 Å². The first-order valence-electron chi connectivity index (χ1n) is 6.88. The van der Waals surface area contributed by atoms with Crippen molar-refractivity contribution in [3.63, 3.8) is 0 Å². The molecule has 6 nitrogen and oxygen atoms in total. The van der Waals surface area contributed by atoms with E-state index in [1.807, 2.05) is 30.3 Å². The van der Waals surface area contributed by atoms with Crippen LogP contribution in [0.5, 0.6) is 0 Å². The van der Waals surface area contributed by atoms with Gasteiger partial charge in [-0.15, -0.1) is 11.3 Å². The number of ketones is 1. The minimum absolute atomic E-state index is 0.0747. The number of nitrogens with one attached hydrogen (secondary N) is 1. The van der Waals surface area contributed by atoms with E-state index in [4.69, 9.17) is 4.42 Å². The highest BCUT2D eigenvalue weighted by Gasteiger charge is 2.13. The molecule has 2 heterocycles. The van der Waals surface area contributed by atoms with Gasteiger partial charge in [-0.3, -0.25) is 9.59 Å². The molecule has 23 heavy (non-hydrogen) atoms. The molecule has 0 aliphatic carbocycles. The Balaban J connectivity index is 1.64. The van der Waals surface area contributed by atoms with E-state index in [9.17, 15) is 9.59 Å². The maximum atomic E-state index is 12.0. The Bertz CT molecular complexity index is 839. The summed E-state index contributed by atoms with van der Waals surface area (Å²) in [7, 11) is 0. The molecule has 0 saturated carbocycles. The molecule has 2 aromatic heterocycles. The van der Waals surface area contributed by atoms with E-state index in [1.54, 1.807) is 5.38 Å². The maximum absolute atomic E-state index is 12.0. The first-order valence-corrected chi connectivity index (χ1v) is 7.76. The van der Waals surface area contributed by atoms with Gasteiger partial charge in [0.25, 0.3) is 0 Å². The molecule has 116 valence electrons. The van der Waals surface area contributed by atoms with Crippen LogP contribution >= 0.6 is 11.3 Å². The molecule has 7 heteroatoms. The molecule has 0 radical (unpaired) electrons. The van der Waals surface area contributed by atoms with Crippen molar-refractivity contribution < 1.29 is 14.0 Å². The van der Waals surface area contributed by atoms with Gasteiger partial charge in [0.15, 0.2) is 10.9 Å². The van der Waals surface area contributed by atoms with Crippen LogP contribution in [-0.4, -0.2) is 21.7 Å². The lowest BCUT2D eigenvalue weighted by molar-refractivity contribution is -0.115. The quantitative estimate of drug-likeness (QED) is 0.727. The van der Waals surface area contributed by atoms with Crippen molar-refractivity contribution in [1.29, 1.82) is 0 Å². The molecular formula is C16H13N3O3S. The zero-order valence-corrected chi connectivity index (χ0v) is 13.1. The van der Waals surface area contributed by atoms with Gasteiger partial charge in [0.05, 0.1) is 12.1 Å². The van der Waals surface area contributed by atoms with E-state index < -0.39 is 0 Å². The Morgan fingerprint density at radius 2 is 2.00 bits per heavy atom. The van der Waals surface area contributed by atoms with Crippen molar-refractivity contribution in [2.45, 2.75) is 13.3 Å². The van der Waals surface area contributed by atoms with Crippen LogP contribution in [0.15, 0.2) is 46.4 Å². The summed E-state index contributed by atoms with van der Waals surface area (Å²) >= 11 is 1.21. The Kier molecular flexibility index (Phi) is 4.29. The lowest BCUT2D eigenvalue weighted by Gasteiger charge is -1.98. The van der Waals surface area contributed by atoms with Gasteiger partial charge in [-0.1, -0.05) is 18.2 Å². The van der Waals surface area contributed by atoms with E-state index in [1.165, 1.54) is 24.5 Å². The Morgan fingerprint density at radius 3 is 2.70 bits per heavy atom. The summed E-state index contributed by atoms with van der Waals surface area (Å²) in [6, 6.07) is 9.45. The van der Waals surface area contributed by atoms with E-state index >= 15 is 0 Å². The highest BCUT2D eigenvalue weighted by molar-refractivity contribution is 7.14. The average molecular weight is 327 g/mol. The van der Waals surface area contributed by atoms with Crippen molar-refractivity contribution in [2.75, 3.05) is 5.32 Å². The highest BCUT2D eigenvalue weighted by atomic mass is 32.1. The van der Waals surface area contributed by atoms with Crippen LogP contribution in [0.1, 0.15) is 23.1 Å². The van der Waals surface area contributed by atoms with Gasteiger partial charge in [-0.2, -0.15) is 0 Å². The fraction of sp³-hybridized carbons (Fsp3) is 0.125. The molecule has 3 aromatic rings. The number of nitrogens with zero attached hydrogens (tertiary/aromatic N) is 2. The molecule has 0 unspecified atom stereocenters. The SMILES string of the molecule is CC(=O)c1csc(NC(=O)Cc2coc(-c3ccccc3)n2)n1. The summed E-state index contributed by atoms with van der Waals surface area (Å²) in [5, 5.41) is 4.66. The maximum Gasteiger partial charge on any atom is 0.232 e. The first-order chi connectivity index (χ1) is 11.1. The third kappa shape index (κ3) is 3.70. The summed E-state index contributed by atoms with van der Waals surface area (Å²) < 4.78 is 5.39. The predicted molar refractivity (Wildman–Crippen MR) is 86.4 cm³/mol. The number of oxazole rings is 1. The Labute approximate surface area is 136 Å². The summed E-state index contributed by atoms with van der Waals surface area (Å²) in [6.07, 6.45) is 1.54. The number of hydrogen-bond acceptors (Lipinski definition) is 6. The van der Waals surface area contributed by atoms with Crippen LogP contribution in [0.4, 0.5) is 5.13 Å². The summed E-state index contributed by atoms with van der Waals surface area (Å²) in [5.74, 6) is 0.0784. The first kappa shape index (κ1) is 15.1. The summed E-state index contributed by atoms with van der Waals surface area (Å²) in [6.45, 7) is 1.43. The average Bonchev–Trinajstić information content (AvgIpc) is 3.18. The predicted octanol–water partition coefficient (Wildman–Crippen LogP) is 3.18. The topological polar surface area (TPSA) is 85.1 Å². The molecule has 1 aromatic carbocycles. The lowest BCUT2D eigenvalue weighted by Crippen LogP contribution is -2.14. The standard InChI is InChI=1S/C16H13N3O3S/c1-10(20)13-9-23-16(18-13)19-14(21)7-12-8-22-15(17-12)11-5-3-2-4-6-11/h2-6,8-9H,7H2,1H3,(H,18,19,21). The van der Waals surface area contributed by atoms with Crippen LogP contribution in [-0.2, 0) is 11.2 Å². The number of thiazole rings is 1. The molecule has 1 amide bonds. The molecule has 0 aliphatic heterocycles. The number of benzene rings is 1. The number of aromatic nitrogens is 2. The van der Waals surface area contributed by atoms with Gasteiger partial charge in [-0.25, -0.2) is 9.97 Å². The van der Waals surface area contributed by atoms with Crippen molar-refractivity contribution in [2.24, 2.45) is 0 Å². The number of carbonyl (C=O) groups excluding carboxylic acids is 2. The van der Waals surface area contributed by atoms with Crippen LogP contribution < -0.4 is 5.32 Å². The second-order valence-electron chi connectivity index (χ2n) is 4.83. The van der Waals surface area contributed by atoms with E-state index in [0.717, 1.165) is 5.56 Å². The van der Waals surface area contributed by atoms with Crippen LogP contribution in [0.2, 0.25) is 0 Å². The van der Waals surface area contributed by atoms with Crippen molar-refractivity contribution in [1.82, 2.24) is 9.97 Å².